The fourth-order valence-corrected chi connectivity index (χ4v) is 9.02. The molecule has 3 amide bonds. The Bertz CT molecular complexity index is 2490. The Morgan fingerprint density at radius 1 is 0.894 bits per heavy atom. The van der Waals surface area contributed by atoms with Crippen molar-refractivity contribution in [3.63, 3.8) is 0 Å². The summed E-state index contributed by atoms with van der Waals surface area (Å²) in [6, 6.07) is 15.0. The number of H-pyrrole nitrogens is 1. The van der Waals surface area contributed by atoms with Crippen LogP contribution in [0.1, 0.15) is 96.6 Å². The molecule has 5 aromatic rings. The van der Waals surface area contributed by atoms with Crippen LogP contribution in [0.4, 0.5) is 18.9 Å². The topological polar surface area (TPSA) is 180 Å². The van der Waals surface area contributed by atoms with Gasteiger partial charge in [-0.3, -0.25) is 14.4 Å². The van der Waals surface area contributed by atoms with Gasteiger partial charge in [-0.05, 0) is 103 Å². The van der Waals surface area contributed by atoms with Gasteiger partial charge in [-0.1, -0.05) is 62.6 Å². The van der Waals surface area contributed by atoms with Crippen molar-refractivity contribution in [3.8, 4) is 17.1 Å². The number of carboxylic acids is 1. The van der Waals surface area contributed by atoms with Crippen molar-refractivity contribution < 1.29 is 42.2 Å². The molecule has 2 aliphatic rings. The summed E-state index contributed by atoms with van der Waals surface area (Å²) in [5.41, 5.74) is 3.27. The lowest BCUT2D eigenvalue weighted by Crippen LogP contribution is -2.47. The molecule has 2 aliphatic carbocycles. The zero-order valence-electron chi connectivity index (χ0n) is 36.9. The third-order valence-electron chi connectivity index (χ3n) is 12.8. The van der Waals surface area contributed by atoms with Crippen molar-refractivity contribution in [1.82, 2.24) is 30.2 Å². The largest absolute Gasteiger partial charge is 0.497 e. The van der Waals surface area contributed by atoms with Gasteiger partial charge in [-0.2, -0.15) is 13.2 Å². The standard InChI is InChI=1S/C50H54F3N7O6/c1-3-31-4-8-33(9-5-31)34-12-14-35(15-13-34)39-25-55-47(56-26-39)36-10-6-32(7-11-36)28-60(29-46(62)59-44(49(64)65)23-41-27-54-30-57-41)48(63)37-16-19-40(20-17-37)58-45(61)22-38-18-21-42(66-2)24-43(38)50(51,52)53/h6-7,10-11,14,16-21,24-27,30-31,33-34,44H,3-5,8-9,12-13,15,22-23,28-29H2,1-2H3,(H,54,57)(H,58,61)(H,59,62)(H,64,65)/t31-,33-,34?,44-/m1/s1. The van der Waals surface area contributed by atoms with Crippen LogP contribution in [0.5, 0.6) is 5.75 Å². The van der Waals surface area contributed by atoms with E-state index >= 15 is 0 Å². The Hall–Kier alpha value is -6.84. The number of methoxy groups -OCH3 is 1. The molecule has 1 saturated carbocycles. The summed E-state index contributed by atoms with van der Waals surface area (Å²) in [4.78, 5) is 69.9. The second-order valence-electron chi connectivity index (χ2n) is 17.2. The van der Waals surface area contributed by atoms with Crippen LogP contribution in [-0.4, -0.2) is 73.3 Å². The number of carbonyl (C=O) groups excluding carboxylic acids is 3. The lowest BCUT2D eigenvalue weighted by atomic mass is 9.71. The van der Waals surface area contributed by atoms with Crippen molar-refractivity contribution in [3.05, 3.63) is 131 Å². The minimum absolute atomic E-state index is 0.000858. The maximum Gasteiger partial charge on any atom is 0.416 e. The number of hydrogen-bond acceptors (Lipinski definition) is 8. The molecule has 2 atom stereocenters. The number of carbonyl (C=O) groups is 4. The number of aliphatic carboxylic acids is 1. The molecule has 0 spiro atoms. The summed E-state index contributed by atoms with van der Waals surface area (Å²) in [6.45, 7) is 1.76. The Morgan fingerprint density at radius 3 is 2.23 bits per heavy atom. The third kappa shape index (κ3) is 12.3. The van der Waals surface area contributed by atoms with Gasteiger partial charge < -0.3 is 30.4 Å². The maximum absolute atomic E-state index is 14.1. The molecule has 0 radical (unpaired) electrons. The number of anilines is 1. The molecule has 0 saturated heterocycles. The first-order chi connectivity index (χ1) is 31.8. The van der Waals surface area contributed by atoms with E-state index in [-0.39, 0.29) is 35.5 Å². The van der Waals surface area contributed by atoms with Crippen LogP contribution >= 0.6 is 0 Å². The zero-order chi connectivity index (χ0) is 46.8. The van der Waals surface area contributed by atoms with Gasteiger partial charge in [0.2, 0.25) is 11.8 Å². The van der Waals surface area contributed by atoms with E-state index in [1.54, 1.807) is 12.1 Å². The molecule has 7 rings (SSSR count). The molecule has 2 aromatic heterocycles. The van der Waals surface area contributed by atoms with E-state index in [1.165, 1.54) is 105 Å². The van der Waals surface area contributed by atoms with Gasteiger partial charge >= 0.3 is 12.1 Å². The lowest BCUT2D eigenvalue weighted by Gasteiger charge is -2.35. The Kier molecular flexibility index (Phi) is 15.3. The number of aromatic nitrogens is 4. The number of halogens is 3. The Balaban J connectivity index is 1.02. The number of ether oxygens (including phenoxy) is 1. The van der Waals surface area contributed by atoms with Gasteiger partial charge in [0.1, 0.15) is 18.3 Å². The first-order valence-corrected chi connectivity index (χ1v) is 22.3. The molecule has 0 aliphatic heterocycles. The summed E-state index contributed by atoms with van der Waals surface area (Å²) in [5, 5.41) is 14.9. The zero-order valence-corrected chi connectivity index (χ0v) is 36.9. The van der Waals surface area contributed by atoms with E-state index in [1.807, 2.05) is 24.5 Å². The molecule has 3 aromatic carbocycles. The molecule has 2 heterocycles. The predicted octanol–water partition coefficient (Wildman–Crippen LogP) is 8.93. The SMILES string of the molecule is CC[C@H]1CC[C@H](C2CC=C(c3cnc(-c4ccc(CN(CC(=O)N[C@H](Cc5c[nH]cn5)C(=O)O)C(=O)c5ccc(NC(=O)Cc6ccc(OC)cc6C(F)(F)F)cc5)cc4)nc3)CC2)CC1. The number of nitrogens with one attached hydrogen (secondary N) is 3. The number of amides is 3. The van der Waals surface area contributed by atoms with Crippen LogP contribution < -0.4 is 15.4 Å². The summed E-state index contributed by atoms with van der Waals surface area (Å²) in [7, 11) is 1.25. The molecule has 346 valence electrons. The van der Waals surface area contributed by atoms with E-state index in [2.05, 4.69) is 43.6 Å². The summed E-state index contributed by atoms with van der Waals surface area (Å²) < 4.78 is 46.2. The summed E-state index contributed by atoms with van der Waals surface area (Å²) >= 11 is 0. The van der Waals surface area contributed by atoms with Gasteiger partial charge in [0, 0.05) is 53.9 Å². The van der Waals surface area contributed by atoms with Gasteiger partial charge in [-0.25, -0.2) is 19.7 Å². The number of rotatable bonds is 17. The molecular weight excluding hydrogens is 852 g/mol. The number of carboxylic acid groups (broad SMARTS) is 1. The normalized spacial score (nSPS) is 17.8. The van der Waals surface area contributed by atoms with E-state index in [9.17, 15) is 37.5 Å². The van der Waals surface area contributed by atoms with Gasteiger partial charge in [0.15, 0.2) is 5.82 Å². The first kappa shape index (κ1) is 47.1. The third-order valence-corrected chi connectivity index (χ3v) is 12.8. The van der Waals surface area contributed by atoms with Crippen LogP contribution in [-0.2, 0) is 39.9 Å². The maximum atomic E-state index is 14.1. The molecule has 16 heteroatoms. The molecule has 4 N–H and O–H groups in total. The number of benzene rings is 3. The number of alkyl halides is 3. The monoisotopic (exact) mass is 905 g/mol. The number of allylic oxidation sites excluding steroid dienone is 2. The molecule has 0 bridgehead atoms. The van der Waals surface area contributed by atoms with Gasteiger partial charge in [0.25, 0.3) is 5.91 Å². The van der Waals surface area contributed by atoms with E-state index in [4.69, 9.17) is 4.74 Å². The highest BCUT2D eigenvalue weighted by molar-refractivity contribution is 5.98. The highest BCUT2D eigenvalue weighted by Crippen LogP contribution is 2.42. The fraction of sp³-hybridized carbons (Fsp3) is 0.380. The van der Waals surface area contributed by atoms with Crippen LogP contribution in [0.25, 0.3) is 17.0 Å². The second-order valence-corrected chi connectivity index (χ2v) is 17.2. The summed E-state index contributed by atoms with van der Waals surface area (Å²) in [5.74, 6) is -0.290. The Labute approximate surface area is 381 Å². The second kappa shape index (κ2) is 21.4. The molecule has 1 fully saturated rings. The molecule has 1 unspecified atom stereocenters. The average Bonchev–Trinajstić information content (AvgIpc) is 3.84. The Morgan fingerprint density at radius 2 is 1.62 bits per heavy atom. The summed E-state index contributed by atoms with van der Waals surface area (Å²) in [6.07, 6.45) is 13.6. The van der Waals surface area contributed by atoms with Crippen molar-refractivity contribution in [2.75, 3.05) is 19.0 Å². The molecular formula is C50H54F3N7O6. The number of imidazole rings is 1. The van der Waals surface area contributed by atoms with E-state index in [0.29, 0.717) is 17.1 Å². The van der Waals surface area contributed by atoms with Crippen molar-refractivity contribution in [1.29, 1.82) is 0 Å². The number of nitrogens with zero attached hydrogens (tertiary/aromatic N) is 4. The number of hydrogen-bond donors (Lipinski definition) is 4. The van der Waals surface area contributed by atoms with E-state index in [0.717, 1.165) is 47.8 Å². The fourth-order valence-electron chi connectivity index (χ4n) is 9.02. The van der Waals surface area contributed by atoms with Gasteiger partial charge in [0.05, 0.1) is 31.1 Å². The molecule has 66 heavy (non-hydrogen) atoms. The van der Waals surface area contributed by atoms with Crippen molar-refractivity contribution >= 4 is 35.0 Å². The highest BCUT2D eigenvalue weighted by Gasteiger charge is 2.34. The number of aromatic amines is 1. The van der Waals surface area contributed by atoms with Crippen LogP contribution in [0.15, 0.2) is 97.7 Å². The van der Waals surface area contributed by atoms with E-state index < -0.39 is 54.4 Å². The lowest BCUT2D eigenvalue weighted by molar-refractivity contribution is -0.142. The smallest absolute Gasteiger partial charge is 0.416 e. The van der Waals surface area contributed by atoms with Crippen LogP contribution in [0.2, 0.25) is 0 Å². The highest BCUT2D eigenvalue weighted by atomic mass is 19.4. The van der Waals surface area contributed by atoms with Crippen molar-refractivity contribution in [2.45, 2.75) is 89.9 Å². The quantitative estimate of drug-likeness (QED) is 0.0709. The minimum atomic E-state index is -4.71. The first-order valence-electron chi connectivity index (χ1n) is 22.3. The molecule has 13 nitrogen and oxygen atoms in total. The van der Waals surface area contributed by atoms with Gasteiger partial charge in [-0.15, -0.1) is 0 Å². The van der Waals surface area contributed by atoms with Crippen LogP contribution in [0.3, 0.4) is 0 Å². The van der Waals surface area contributed by atoms with Crippen LogP contribution in [0, 0.1) is 17.8 Å². The average molecular weight is 906 g/mol. The minimum Gasteiger partial charge on any atom is -0.497 e. The predicted molar refractivity (Wildman–Crippen MR) is 242 cm³/mol. The van der Waals surface area contributed by atoms with Crippen molar-refractivity contribution in [2.24, 2.45) is 17.8 Å².